The molecule has 0 saturated carbocycles. The second-order valence-corrected chi connectivity index (χ2v) is 7.34. The Bertz CT molecular complexity index is 1280. The van der Waals surface area contributed by atoms with E-state index in [9.17, 15) is 0 Å². The van der Waals surface area contributed by atoms with Crippen LogP contribution in [0.5, 0.6) is 11.5 Å². The average molecular weight is 426 g/mol. The molecule has 5 rings (SSSR count). The monoisotopic (exact) mass is 426 g/mol. The third-order valence-electron chi connectivity index (χ3n) is 5.27. The van der Waals surface area contributed by atoms with Crippen LogP contribution in [0.2, 0.25) is 0 Å². The van der Waals surface area contributed by atoms with Gasteiger partial charge in [-0.15, -0.1) is 0 Å². The Kier molecular flexibility index (Phi) is 5.25. The maximum atomic E-state index is 5.29. The first kappa shape index (κ1) is 19.7. The molecule has 0 unspecified atom stereocenters. The molecule has 1 aliphatic carbocycles. The molecular weight excluding hydrogens is 404 g/mol. The molecule has 0 amide bonds. The first-order valence-corrected chi connectivity index (χ1v) is 10.3. The topological polar surface area (TPSA) is 94.1 Å². The first-order chi connectivity index (χ1) is 15.7. The van der Waals surface area contributed by atoms with Gasteiger partial charge in [-0.05, 0) is 42.7 Å². The lowest BCUT2D eigenvalue weighted by molar-refractivity contribution is 0.415. The van der Waals surface area contributed by atoms with Gasteiger partial charge < -0.3 is 20.1 Å². The molecular formula is C24H22N6O2. The van der Waals surface area contributed by atoms with Crippen LogP contribution in [0.4, 0.5) is 23.3 Å². The Morgan fingerprint density at radius 3 is 2.03 bits per heavy atom. The molecule has 8 nitrogen and oxygen atoms in total. The van der Waals surface area contributed by atoms with Gasteiger partial charge in [0.2, 0.25) is 11.9 Å². The van der Waals surface area contributed by atoms with Crippen molar-refractivity contribution in [3.63, 3.8) is 0 Å². The van der Waals surface area contributed by atoms with Crippen LogP contribution in [0, 0.1) is 0 Å². The molecule has 0 bridgehead atoms. The van der Waals surface area contributed by atoms with Gasteiger partial charge in [0.25, 0.3) is 0 Å². The minimum Gasteiger partial charge on any atom is -0.497 e. The second-order valence-electron chi connectivity index (χ2n) is 7.34. The van der Waals surface area contributed by atoms with Crippen LogP contribution in [-0.2, 0) is 12.8 Å². The van der Waals surface area contributed by atoms with Gasteiger partial charge in [0.15, 0.2) is 0 Å². The Balaban J connectivity index is 1.41. The van der Waals surface area contributed by atoms with Crippen molar-refractivity contribution in [2.45, 2.75) is 12.8 Å². The van der Waals surface area contributed by atoms with E-state index in [1.165, 1.54) is 0 Å². The van der Waals surface area contributed by atoms with Crippen molar-refractivity contribution < 1.29 is 9.47 Å². The van der Waals surface area contributed by atoms with Crippen LogP contribution in [0.25, 0.3) is 11.3 Å². The van der Waals surface area contributed by atoms with E-state index >= 15 is 0 Å². The maximum absolute atomic E-state index is 5.29. The van der Waals surface area contributed by atoms with Gasteiger partial charge in [-0.1, -0.05) is 12.1 Å². The van der Waals surface area contributed by atoms with Crippen molar-refractivity contribution in [3.05, 3.63) is 72.2 Å². The lowest BCUT2D eigenvalue weighted by Gasteiger charge is -2.19. The molecule has 0 spiro atoms. The van der Waals surface area contributed by atoms with E-state index in [2.05, 4.69) is 20.6 Å². The fourth-order valence-corrected chi connectivity index (χ4v) is 3.66. The third kappa shape index (κ3) is 4.02. The highest BCUT2D eigenvalue weighted by atomic mass is 16.5. The number of fused-ring (bicyclic) bond motifs is 3. The van der Waals surface area contributed by atoms with Crippen LogP contribution >= 0.6 is 0 Å². The van der Waals surface area contributed by atoms with Gasteiger partial charge >= 0.3 is 0 Å². The summed E-state index contributed by atoms with van der Waals surface area (Å²) in [7, 11) is 3.29. The van der Waals surface area contributed by atoms with E-state index in [1.807, 2.05) is 60.9 Å². The number of benzene rings is 2. The normalized spacial score (nSPS) is 11.8. The van der Waals surface area contributed by atoms with Gasteiger partial charge in [0.1, 0.15) is 11.5 Å². The predicted molar refractivity (Wildman–Crippen MR) is 123 cm³/mol. The molecule has 2 heterocycles. The molecule has 1 aliphatic rings. The molecule has 0 saturated heterocycles. The van der Waals surface area contributed by atoms with Crippen molar-refractivity contribution in [3.8, 4) is 22.8 Å². The van der Waals surface area contributed by atoms with Gasteiger partial charge in [0, 0.05) is 41.5 Å². The zero-order valence-corrected chi connectivity index (χ0v) is 17.8. The molecule has 160 valence electrons. The molecule has 32 heavy (non-hydrogen) atoms. The van der Waals surface area contributed by atoms with Crippen LogP contribution < -0.4 is 20.1 Å². The Morgan fingerprint density at radius 2 is 1.38 bits per heavy atom. The number of nitrogens with one attached hydrogen (secondary N) is 2. The standard InChI is InChI=1S/C24H22N6O2/c1-31-18-7-3-5-16(11-18)27-23-26-14-20-21(29-23)10-9-15-13-25-24(30-22(15)20)28-17-6-4-8-19(12-17)32-2/h3-8,11-14H,9-10H2,1-2H3,(H,25,28,30)(H,26,27,29). The number of aryl methyl sites for hydroxylation is 2. The van der Waals surface area contributed by atoms with Crippen molar-refractivity contribution >= 4 is 23.3 Å². The number of aromatic nitrogens is 4. The molecule has 0 aliphatic heterocycles. The number of nitrogens with zero attached hydrogens (tertiary/aromatic N) is 4. The number of hydrogen-bond donors (Lipinski definition) is 2. The maximum Gasteiger partial charge on any atom is 0.227 e. The molecule has 8 heteroatoms. The zero-order chi connectivity index (χ0) is 21.9. The minimum atomic E-state index is 0.517. The van der Waals surface area contributed by atoms with Gasteiger partial charge in [0.05, 0.1) is 25.6 Å². The molecule has 2 aromatic carbocycles. The van der Waals surface area contributed by atoms with Crippen LogP contribution in [0.15, 0.2) is 60.9 Å². The quantitative estimate of drug-likeness (QED) is 0.464. The van der Waals surface area contributed by atoms with Crippen molar-refractivity contribution in [1.29, 1.82) is 0 Å². The van der Waals surface area contributed by atoms with Crippen LogP contribution in [0.3, 0.4) is 0 Å². The number of methoxy groups -OCH3 is 2. The first-order valence-electron chi connectivity index (χ1n) is 10.3. The highest BCUT2D eigenvalue weighted by molar-refractivity contribution is 5.70. The summed E-state index contributed by atoms with van der Waals surface area (Å²) in [5.74, 6) is 2.60. The Labute approximate surface area is 185 Å². The zero-order valence-electron chi connectivity index (χ0n) is 17.8. The van der Waals surface area contributed by atoms with E-state index in [4.69, 9.17) is 19.4 Å². The van der Waals surface area contributed by atoms with E-state index in [0.29, 0.717) is 11.9 Å². The fourth-order valence-electron chi connectivity index (χ4n) is 3.66. The molecule has 2 N–H and O–H groups in total. The second kappa shape index (κ2) is 8.50. The van der Waals surface area contributed by atoms with Crippen LogP contribution in [0.1, 0.15) is 11.3 Å². The fraction of sp³-hybridized carbons (Fsp3) is 0.167. The highest BCUT2D eigenvalue weighted by Gasteiger charge is 2.21. The Hall–Kier alpha value is -4.20. The number of ether oxygens (including phenoxy) is 2. The lowest BCUT2D eigenvalue weighted by atomic mass is 9.95. The summed E-state index contributed by atoms with van der Waals surface area (Å²) in [6, 6.07) is 15.3. The van der Waals surface area contributed by atoms with Gasteiger partial charge in [-0.3, -0.25) is 0 Å². The lowest BCUT2D eigenvalue weighted by Crippen LogP contribution is -2.12. The number of anilines is 4. The summed E-state index contributed by atoms with van der Waals surface area (Å²) >= 11 is 0. The smallest absolute Gasteiger partial charge is 0.227 e. The van der Waals surface area contributed by atoms with E-state index in [1.54, 1.807) is 14.2 Å². The van der Waals surface area contributed by atoms with Crippen molar-refractivity contribution in [2.24, 2.45) is 0 Å². The van der Waals surface area contributed by atoms with Gasteiger partial charge in [-0.2, -0.15) is 0 Å². The molecule has 2 aromatic heterocycles. The van der Waals surface area contributed by atoms with Crippen LogP contribution in [-0.4, -0.2) is 34.2 Å². The number of rotatable bonds is 6. The summed E-state index contributed by atoms with van der Waals surface area (Å²) in [6.07, 6.45) is 5.34. The van der Waals surface area contributed by atoms with Crippen molar-refractivity contribution in [2.75, 3.05) is 24.9 Å². The highest BCUT2D eigenvalue weighted by Crippen LogP contribution is 2.32. The van der Waals surface area contributed by atoms with E-state index in [0.717, 1.165) is 58.2 Å². The Morgan fingerprint density at radius 1 is 0.750 bits per heavy atom. The third-order valence-corrected chi connectivity index (χ3v) is 5.27. The average Bonchev–Trinajstić information content (AvgIpc) is 2.84. The summed E-state index contributed by atoms with van der Waals surface area (Å²) in [4.78, 5) is 18.5. The number of hydrogen-bond acceptors (Lipinski definition) is 8. The minimum absolute atomic E-state index is 0.517. The molecule has 0 atom stereocenters. The molecule has 0 radical (unpaired) electrons. The summed E-state index contributed by atoms with van der Waals surface area (Å²) < 4.78 is 10.6. The summed E-state index contributed by atoms with van der Waals surface area (Å²) in [6.45, 7) is 0. The molecule has 4 aromatic rings. The van der Waals surface area contributed by atoms with E-state index in [-0.39, 0.29) is 0 Å². The summed E-state index contributed by atoms with van der Waals surface area (Å²) in [5, 5.41) is 6.50. The molecule has 0 fully saturated rings. The van der Waals surface area contributed by atoms with Crippen molar-refractivity contribution in [1.82, 2.24) is 19.9 Å². The SMILES string of the molecule is COc1cccc(Nc2ncc3c(n2)CCc2cnc(Nc4cccc(OC)c4)nc2-3)c1. The summed E-state index contributed by atoms with van der Waals surface area (Å²) in [5.41, 5.74) is 5.56. The predicted octanol–water partition coefficient (Wildman–Crippen LogP) is 4.54. The van der Waals surface area contributed by atoms with Gasteiger partial charge in [-0.25, -0.2) is 19.9 Å². The largest absolute Gasteiger partial charge is 0.497 e. The van der Waals surface area contributed by atoms with E-state index < -0.39 is 0 Å².